The van der Waals surface area contributed by atoms with Gasteiger partial charge >= 0.3 is 5.97 Å². The van der Waals surface area contributed by atoms with Gasteiger partial charge in [0.15, 0.2) is 17.6 Å². The Labute approximate surface area is 141 Å². The quantitative estimate of drug-likeness (QED) is 0.810. The highest BCUT2D eigenvalue weighted by Gasteiger charge is 2.20. The second-order valence-corrected chi connectivity index (χ2v) is 5.74. The maximum absolute atomic E-state index is 12.1. The first-order chi connectivity index (χ1) is 11.6. The zero-order chi connectivity index (χ0) is 17.1. The van der Waals surface area contributed by atoms with Gasteiger partial charge in [-0.3, -0.25) is 4.79 Å². The van der Waals surface area contributed by atoms with Crippen molar-refractivity contribution in [3.05, 3.63) is 29.3 Å². The average Bonchev–Trinajstić information content (AvgIpc) is 3.23. The number of nitrogens with zero attached hydrogens (tertiary/aromatic N) is 1. The molecule has 1 unspecified atom stereocenters. The number of ether oxygens (including phenoxy) is 3. The van der Waals surface area contributed by atoms with E-state index >= 15 is 0 Å². The summed E-state index contributed by atoms with van der Waals surface area (Å²) in [6.45, 7) is 0.0517. The van der Waals surface area contributed by atoms with Crippen LogP contribution >= 0.6 is 11.3 Å². The second kappa shape index (κ2) is 6.85. The van der Waals surface area contributed by atoms with Gasteiger partial charge in [0.2, 0.25) is 6.79 Å². The minimum absolute atomic E-state index is 0.137. The molecule has 1 aliphatic rings. The van der Waals surface area contributed by atoms with E-state index in [-0.39, 0.29) is 19.0 Å². The van der Waals surface area contributed by atoms with Crippen LogP contribution in [0.25, 0.3) is 10.6 Å². The molecule has 0 spiro atoms. The number of aromatic nitrogens is 1. The van der Waals surface area contributed by atoms with Crippen LogP contribution in [0.15, 0.2) is 23.6 Å². The van der Waals surface area contributed by atoms with Gasteiger partial charge in [0.1, 0.15) is 10.7 Å². The van der Waals surface area contributed by atoms with Crippen molar-refractivity contribution in [1.29, 1.82) is 0 Å². The van der Waals surface area contributed by atoms with E-state index in [1.54, 1.807) is 17.5 Å². The number of fused-ring (bicyclic) bond motifs is 1. The molecule has 0 fully saturated rings. The predicted octanol–water partition coefficient (Wildman–Crippen LogP) is 1.37. The Bertz CT molecular complexity index is 775. The van der Waals surface area contributed by atoms with E-state index in [2.05, 4.69) is 10.3 Å². The van der Waals surface area contributed by atoms with Gasteiger partial charge in [-0.1, -0.05) is 0 Å². The molecule has 0 radical (unpaired) electrons. The number of benzene rings is 1. The van der Waals surface area contributed by atoms with E-state index in [4.69, 9.17) is 19.3 Å². The predicted molar refractivity (Wildman–Crippen MR) is 84.4 cm³/mol. The minimum Gasteiger partial charge on any atom is -0.479 e. The highest BCUT2D eigenvalue weighted by atomic mass is 32.1. The molecule has 0 saturated carbocycles. The van der Waals surface area contributed by atoms with Crippen LogP contribution in [0, 0.1) is 0 Å². The third-order valence-electron chi connectivity index (χ3n) is 3.36. The Kier molecular flexibility index (Phi) is 4.63. The normalized spacial score (nSPS) is 13.5. The first-order valence-electron chi connectivity index (χ1n) is 6.98. The zero-order valence-corrected chi connectivity index (χ0v) is 13.5. The van der Waals surface area contributed by atoms with Crippen LogP contribution in [-0.2, 0) is 9.53 Å². The van der Waals surface area contributed by atoms with Crippen LogP contribution in [0.1, 0.15) is 10.5 Å². The molecule has 1 amide bonds. The average molecular weight is 350 g/mol. The summed E-state index contributed by atoms with van der Waals surface area (Å²) in [7, 11) is 1.27. The minimum atomic E-state index is -1.14. The summed E-state index contributed by atoms with van der Waals surface area (Å²) < 4.78 is 15.3. The molecule has 0 bridgehead atoms. The number of carbonyl (C=O) groups excluding carboxylic acids is 1. The summed E-state index contributed by atoms with van der Waals surface area (Å²) in [6.07, 6.45) is -1.10. The molecule has 0 aliphatic carbocycles. The Balaban J connectivity index is 1.69. The molecule has 8 nitrogen and oxygen atoms in total. The molecule has 3 rings (SSSR count). The standard InChI is InChI=1S/C15H14N2O6S/c1-21-12(15(19)20)5-16-13(18)9-6-24-14(17-9)8-2-3-10-11(4-8)23-7-22-10/h2-4,6,12H,5,7H2,1H3,(H,16,18)(H,19,20). The van der Waals surface area contributed by atoms with Crippen LogP contribution < -0.4 is 14.8 Å². The Morgan fingerprint density at radius 1 is 1.42 bits per heavy atom. The van der Waals surface area contributed by atoms with Crippen molar-refractivity contribution in [2.45, 2.75) is 6.10 Å². The van der Waals surface area contributed by atoms with Gasteiger partial charge in [0, 0.05) is 18.1 Å². The lowest BCUT2D eigenvalue weighted by Gasteiger charge is -2.10. The van der Waals surface area contributed by atoms with E-state index in [9.17, 15) is 9.59 Å². The Morgan fingerprint density at radius 3 is 2.96 bits per heavy atom. The molecule has 126 valence electrons. The van der Waals surface area contributed by atoms with Crippen LogP contribution in [0.3, 0.4) is 0 Å². The summed E-state index contributed by atoms with van der Waals surface area (Å²) in [5.74, 6) is -0.288. The molecule has 1 aromatic heterocycles. The SMILES string of the molecule is COC(CNC(=O)c1csc(-c2ccc3c(c2)OCO3)n1)C(=O)O. The molecular formula is C15H14N2O6S. The molecule has 24 heavy (non-hydrogen) atoms. The molecule has 2 heterocycles. The first-order valence-corrected chi connectivity index (χ1v) is 7.86. The van der Waals surface area contributed by atoms with E-state index in [1.807, 2.05) is 6.07 Å². The fraction of sp³-hybridized carbons (Fsp3) is 0.267. The number of hydrogen-bond donors (Lipinski definition) is 2. The molecule has 1 atom stereocenters. The van der Waals surface area contributed by atoms with Crippen molar-refractivity contribution in [1.82, 2.24) is 10.3 Å². The third-order valence-corrected chi connectivity index (χ3v) is 4.26. The Hall–Kier alpha value is -2.65. The Morgan fingerprint density at radius 2 is 2.21 bits per heavy atom. The molecular weight excluding hydrogens is 336 g/mol. The number of aliphatic carboxylic acids is 1. The highest BCUT2D eigenvalue weighted by molar-refractivity contribution is 7.13. The van der Waals surface area contributed by atoms with Crippen LogP contribution in [0.2, 0.25) is 0 Å². The number of rotatable bonds is 6. The van der Waals surface area contributed by atoms with Crippen LogP contribution in [-0.4, -0.2) is 48.5 Å². The summed E-state index contributed by atoms with van der Waals surface area (Å²) in [4.78, 5) is 27.2. The molecule has 1 aromatic carbocycles. The van der Waals surface area contributed by atoms with Crippen LogP contribution in [0.4, 0.5) is 0 Å². The van der Waals surface area contributed by atoms with Crippen molar-refractivity contribution < 1.29 is 28.9 Å². The van der Waals surface area contributed by atoms with Gasteiger partial charge in [-0.25, -0.2) is 9.78 Å². The zero-order valence-electron chi connectivity index (χ0n) is 12.6. The number of methoxy groups -OCH3 is 1. The number of carboxylic acid groups (broad SMARTS) is 1. The van der Waals surface area contributed by atoms with Crippen molar-refractivity contribution in [3.8, 4) is 22.1 Å². The number of carbonyl (C=O) groups is 2. The first kappa shape index (κ1) is 16.2. The molecule has 2 aromatic rings. The van der Waals surface area contributed by atoms with E-state index in [0.29, 0.717) is 16.5 Å². The van der Waals surface area contributed by atoms with Gasteiger partial charge < -0.3 is 24.6 Å². The number of hydrogen-bond acceptors (Lipinski definition) is 7. The summed E-state index contributed by atoms with van der Waals surface area (Å²) in [6, 6.07) is 5.42. The lowest BCUT2D eigenvalue weighted by molar-refractivity contribution is -0.148. The molecule has 9 heteroatoms. The van der Waals surface area contributed by atoms with Gasteiger partial charge in [-0.05, 0) is 18.2 Å². The molecule has 0 saturated heterocycles. The highest BCUT2D eigenvalue weighted by Crippen LogP contribution is 2.36. The number of amides is 1. The van der Waals surface area contributed by atoms with E-state index in [0.717, 1.165) is 5.56 Å². The van der Waals surface area contributed by atoms with Crippen molar-refractivity contribution >= 4 is 23.2 Å². The van der Waals surface area contributed by atoms with Crippen molar-refractivity contribution in [2.24, 2.45) is 0 Å². The summed E-state index contributed by atoms with van der Waals surface area (Å²) >= 11 is 1.31. The molecule has 1 aliphatic heterocycles. The number of thiazole rings is 1. The second-order valence-electron chi connectivity index (χ2n) is 4.88. The third kappa shape index (κ3) is 3.31. The lowest BCUT2D eigenvalue weighted by atomic mass is 10.2. The largest absolute Gasteiger partial charge is 0.479 e. The van der Waals surface area contributed by atoms with Crippen LogP contribution in [0.5, 0.6) is 11.5 Å². The van der Waals surface area contributed by atoms with Gasteiger partial charge in [0.25, 0.3) is 5.91 Å². The van der Waals surface area contributed by atoms with Gasteiger partial charge in [-0.2, -0.15) is 0 Å². The van der Waals surface area contributed by atoms with E-state index in [1.165, 1.54) is 18.4 Å². The maximum Gasteiger partial charge on any atom is 0.334 e. The van der Waals surface area contributed by atoms with Gasteiger partial charge in [-0.15, -0.1) is 11.3 Å². The number of carboxylic acids is 1. The fourth-order valence-corrected chi connectivity index (χ4v) is 2.88. The summed E-state index contributed by atoms with van der Waals surface area (Å²) in [5, 5.41) is 13.6. The monoisotopic (exact) mass is 350 g/mol. The van der Waals surface area contributed by atoms with E-state index < -0.39 is 18.0 Å². The number of nitrogens with one attached hydrogen (secondary N) is 1. The summed E-state index contributed by atoms with van der Waals surface area (Å²) in [5.41, 5.74) is 1.02. The van der Waals surface area contributed by atoms with Crippen molar-refractivity contribution in [3.63, 3.8) is 0 Å². The van der Waals surface area contributed by atoms with Gasteiger partial charge in [0.05, 0.1) is 6.54 Å². The lowest BCUT2D eigenvalue weighted by Crippen LogP contribution is -2.37. The topological polar surface area (TPSA) is 107 Å². The smallest absolute Gasteiger partial charge is 0.334 e. The fourth-order valence-electron chi connectivity index (χ4n) is 2.09. The maximum atomic E-state index is 12.1. The molecule has 2 N–H and O–H groups in total. The van der Waals surface area contributed by atoms with Crippen molar-refractivity contribution in [2.75, 3.05) is 20.4 Å².